The molecule has 0 atom stereocenters. The van der Waals surface area contributed by atoms with Crippen molar-refractivity contribution in [2.45, 2.75) is 20.3 Å². The molecule has 100 valence electrons. The molecule has 0 aliphatic carbocycles. The van der Waals surface area contributed by atoms with Crippen molar-refractivity contribution < 1.29 is 9.13 Å². The summed E-state index contributed by atoms with van der Waals surface area (Å²) in [5.41, 5.74) is 1.32. The number of hydrogen-bond donors (Lipinski definition) is 0. The van der Waals surface area contributed by atoms with Crippen molar-refractivity contribution in [3.8, 4) is 17.4 Å². The van der Waals surface area contributed by atoms with Crippen molar-refractivity contribution in [3.63, 3.8) is 0 Å². The van der Waals surface area contributed by atoms with Crippen LogP contribution in [-0.2, 0) is 0 Å². The Hall–Kier alpha value is -1.75. The second-order valence-corrected chi connectivity index (χ2v) is 4.41. The van der Waals surface area contributed by atoms with Gasteiger partial charge in [-0.25, -0.2) is 4.39 Å². The van der Waals surface area contributed by atoms with Gasteiger partial charge < -0.3 is 4.74 Å². The first-order chi connectivity index (χ1) is 9.08. The molecule has 4 nitrogen and oxygen atoms in total. The van der Waals surface area contributed by atoms with Gasteiger partial charge in [-0.15, -0.1) is 0 Å². The maximum absolute atomic E-state index is 13.4. The minimum atomic E-state index is -0.345. The Labute approximate surface area is 115 Å². The molecule has 6 heteroatoms. The van der Waals surface area contributed by atoms with E-state index in [1.807, 2.05) is 6.92 Å². The van der Waals surface area contributed by atoms with Gasteiger partial charge in [-0.05, 0) is 48.7 Å². The third kappa shape index (κ3) is 3.61. The summed E-state index contributed by atoms with van der Waals surface area (Å²) in [6.45, 7) is 4.26. The van der Waals surface area contributed by atoms with E-state index in [-0.39, 0.29) is 17.1 Å². The van der Waals surface area contributed by atoms with Crippen molar-refractivity contribution in [1.82, 2.24) is 15.0 Å². The fraction of sp³-hybridized carbons (Fsp3) is 0.308. The lowest BCUT2D eigenvalue weighted by molar-refractivity contribution is 0.291. The predicted molar refractivity (Wildman–Crippen MR) is 70.8 cm³/mol. The molecule has 1 heterocycles. The summed E-state index contributed by atoms with van der Waals surface area (Å²) in [5, 5.41) is 0.0259. The molecular weight excluding hydrogens is 269 g/mol. The van der Waals surface area contributed by atoms with Crippen molar-refractivity contribution in [2.75, 3.05) is 6.61 Å². The molecule has 0 aliphatic heterocycles. The SMILES string of the molecule is CCCOc1nc(Cl)nc(-c2cc(C)cc(F)c2)n1. The van der Waals surface area contributed by atoms with Crippen LogP contribution in [0.4, 0.5) is 4.39 Å². The summed E-state index contributed by atoms with van der Waals surface area (Å²) in [4.78, 5) is 12.0. The highest BCUT2D eigenvalue weighted by atomic mass is 35.5. The fourth-order valence-electron chi connectivity index (χ4n) is 1.58. The molecule has 0 saturated heterocycles. The molecule has 0 N–H and O–H groups in total. The van der Waals surface area contributed by atoms with Crippen LogP contribution < -0.4 is 4.74 Å². The number of rotatable bonds is 4. The normalized spacial score (nSPS) is 10.5. The molecule has 0 amide bonds. The van der Waals surface area contributed by atoms with E-state index in [9.17, 15) is 4.39 Å². The second kappa shape index (κ2) is 5.93. The standard InChI is InChI=1S/C13H13ClFN3O/c1-3-4-19-13-17-11(16-12(14)18-13)9-5-8(2)6-10(15)7-9/h5-7H,3-4H2,1-2H3. The Morgan fingerprint density at radius 1 is 1.21 bits per heavy atom. The molecule has 1 aromatic heterocycles. The maximum Gasteiger partial charge on any atom is 0.321 e. The summed E-state index contributed by atoms with van der Waals surface area (Å²) < 4.78 is 18.7. The summed E-state index contributed by atoms with van der Waals surface area (Å²) in [6, 6.07) is 4.71. The Balaban J connectivity index is 2.40. The van der Waals surface area contributed by atoms with Crippen LogP contribution in [0.15, 0.2) is 18.2 Å². The van der Waals surface area contributed by atoms with Crippen molar-refractivity contribution >= 4 is 11.6 Å². The van der Waals surface area contributed by atoms with Gasteiger partial charge in [-0.2, -0.15) is 15.0 Å². The van der Waals surface area contributed by atoms with E-state index in [1.165, 1.54) is 12.1 Å². The Kier molecular flexibility index (Phi) is 4.27. The lowest BCUT2D eigenvalue weighted by Crippen LogP contribution is -2.03. The third-order valence-corrected chi connectivity index (χ3v) is 2.49. The fourth-order valence-corrected chi connectivity index (χ4v) is 1.74. The molecule has 0 bridgehead atoms. The minimum Gasteiger partial charge on any atom is -0.463 e. The van der Waals surface area contributed by atoms with Gasteiger partial charge in [0.2, 0.25) is 5.28 Å². The van der Waals surface area contributed by atoms with E-state index in [2.05, 4.69) is 15.0 Å². The van der Waals surface area contributed by atoms with Crippen LogP contribution in [0.5, 0.6) is 6.01 Å². The zero-order chi connectivity index (χ0) is 13.8. The van der Waals surface area contributed by atoms with E-state index in [1.54, 1.807) is 13.0 Å². The average molecular weight is 282 g/mol. The summed E-state index contributed by atoms with van der Waals surface area (Å²) in [6.07, 6.45) is 0.831. The quantitative estimate of drug-likeness (QED) is 0.861. The lowest BCUT2D eigenvalue weighted by atomic mass is 10.1. The highest BCUT2D eigenvalue weighted by Crippen LogP contribution is 2.21. The van der Waals surface area contributed by atoms with Gasteiger partial charge in [-0.1, -0.05) is 6.92 Å². The molecule has 0 aliphatic rings. The number of ether oxygens (including phenoxy) is 1. The monoisotopic (exact) mass is 281 g/mol. The summed E-state index contributed by atoms with van der Waals surface area (Å²) in [7, 11) is 0. The van der Waals surface area contributed by atoms with Gasteiger partial charge in [0, 0.05) is 5.56 Å². The molecule has 0 unspecified atom stereocenters. The Morgan fingerprint density at radius 2 is 2.00 bits per heavy atom. The first kappa shape index (κ1) is 13.7. The molecular formula is C13H13ClFN3O. The highest BCUT2D eigenvalue weighted by molar-refractivity contribution is 6.28. The van der Waals surface area contributed by atoms with E-state index in [0.717, 1.165) is 12.0 Å². The Morgan fingerprint density at radius 3 is 2.68 bits per heavy atom. The van der Waals surface area contributed by atoms with Crippen LogP contribution in [0.1, 0.15) is 18.9 Å². The summed E-state index contributed by atoms with van der Waals surface area (Å²) in [5.74, 6) is -0.0451. The van der Waals surface area contributed by atoms with Crippen molar-refractivity contribution in [1.29, 1.82) is 0 Å². The topological polar surface area (TPSA) is 47.9 Å². The van der Waals surface area contributed by atoms with Gasteiger partial charge in [0.25, 0.3) is 0 Å². The molecule has 0 saturated carbocycles. The van der Waals surface area contributed by atoms with Crippen LogP contribution in [0.2, 0.25) is 5.28 Å². The van der Waals surface area contributed by atoms with E-state index in [4.69, 9.17) is 16.3 Å². The van der Waals surface area contributed by atoms with Crippen molar-refractivity contribution in [2.24, 2.45) is 0 Å². The molecule has 1 aromatic carbocycles. The van der Waals surface area contributed by atoms with Crippen molar-refractivity contribution in [3.05, 3.63) is 34.9 Å². The number of aryl methyl sites for hydroxylation is 1. The van der Waals surface area contributed by atoms with Gasteiger partial charge in [0.1, 0.15) is 5.82 Å². The van der Waals surface area contributed by atoms with Gasteiger partial charge >= 0.3 is 6.01 Å². The number of aromatic nitrogens is 3. The number of halogens is 2. The first-order valence-corrected chi connectivity index (χ1v) is 6.28. The van der Waals surface area contributed by atoms with Crippen LogP contribution in [0.3, 0.4) is 0 Å². The summed E-state index contributed by atoms with van der Waals surface area (Å²) >= 11 is 5.82. The lowest BCUT2D eigenvalue weighted by Gasteiger charge is -2.06. The van der Waals surface area contributed by atoms with Crippen LogP contribution in [-0.4, -0.2) is 21.6 Å². The smallest absolute Gasteiger partial charge is 0.321 e. The van der Waals surface area contributed by atoms with Crippen LogP contribution >= 0.6 is 11.6 Å². The minimum absolute atomic E-state index is 0.0259. The maximum atomic E-state index is 13.4. The van der Waals surface area contributed by atoms with Gasteiger partial charge in [0.05, 0.1) is 6.61 Å². The first-order valence-electron chi connectivity index (χ1n) is 5.90. The molecule has 0 radical (unpaired) electrons. The van der Waals surface area contributed by atoms with E-state index < -0.39 is 0 Å². The molecule has 2 aromatic rings. The zero-order valence-electron chi connectivity index (χ0n) is 10.7. The van der Waals surface area contributed by atoms with E-state index in [0.29, 0.717) is 18.0 Å². The predicted octanol–water partition coefficient (Wildman–Crippen LogP) is 3.43. The number of hydrogen-bond acceptors (Lipinski definition) is 4. The average Bonchev–Trinajstić information content (AvgIpc) is 2.34. The largest absolute Gasteiger partial charge is 0.463 e. The van der Waals surface area contributed by atoms with Gasteiger partial charge in [0.15, 0.2) is 5.82 Å². The molecule has 19 heavy (non-hydrogen) atoms. The number of nitrogens with zero attached hydrogens (tertiary/aromatic N) is 3. The van der Waals surface area contributed by atoms with Crippen LogP contribution in [0, 0.1) is 12.7 Å². The molecule has 0 spiro atoms. The zero-order valence-corrected chi connectivity index (χ0v) is 11.4. The van der Waals surface area contributed by atoms with Crippen LogP contribution in [0.25, 0.3) is 11.4 Å². The van der Waals surface area contributed by atoms with E-state index >= 15 is 0 Å². The molecule has 2 rings (SSSR count). The number of benzene rings is 1. The third-order valence-electron chi connectivity index (χ3n) is 2.32. The highest BCUT2D eigenvalue weighted by Gasteiger charge is 2.09. The Bertz CT molecular complexity index is 572. The van der Waals surface area contributed by atoms with Gasteiger partial charge in [-0.3, -0.25) is 0 Å². The second-order valence-electron chi connectivity index (χ2n) is 4.08. The molecule has 0 fully saturated rings.